The predicted octanol–water partition coefficient (Wildman–Crippen LogP) is 3.20. The van der Waals surface area contributed by atoms with Crippen molar-refractivity contribution in [3.63, 3.8) is 0 Å². The van der Waals surface area contributed by atoms with Gasteiger partial charge in [0.1, 0.15) is 5.60 Å². The molecular weight excluding hydrogens is 176 g/mol. The van der Waals surface area contributed by atoms with E-state index < -0.39 is 5.60 Å². The molecule has 0 aromatic carbocycles. The summed E-state index contributed by atoms with van der Waals surface area (Å²) in [7, 11) is 0. The predicted molar refractivity (Wildman–Crippen MR) is 59.4 cm³/mol. The normalized spacial score (nSPS) is 15.6. The lowest BCUT2D eigenvalue weighted by Crippen LogP contribution is -2.39. The zero-order valence-corrected chi connectivity index (χ0v) is 10.2. The molecule has 0 aromatic heterocycles. The van der Waals surface area contributed by atoms with Gasteiger partial charge in [0.05, 0.1) is 0 Å². The highest BCUT2D eigenvalue weighted by atomic mass is 16.5. The minimum atomic E-state index is -0.557. The Morgan fingerprint density at radius 2 is 1.93 bits per heavy atom. The van der Waals surface area contributed by atoms with E-state index in [4.69, 9.17) is 4.74 Å². The Kier molecular flexibility index (Phi) is 6.01. The maximum absolute atomic E-state index is 11.8. The van der Waals surface area contributed by atoms with Crippen LogP contribution in [0.5, 0.6) is 0 Å². The van der Waals surface area contributed by atoms with Crippen LogP contribution in [0.3, 0.4) is 0 Å². The summed E-state index contributed by atoms with van der Waals surface area (Å²) in [5.41, 5.74) is -0.557. The monoisotopic (exact) mass is 200 g/mol. The summed E-state index contributed by atoms with van der Waals surface area (Å²) in [6.07, 6.45) is 2.34. The Balaban J connectivity index is 4.40. The van der Waals surface area contributed by atoms with Crippen molar-refractivity contribution in [3.8, 4) is 0 Å². The third kappa shape index (κ3) is 4.23. The number of hydrogen-bond donors (Lipinski definition) is 0. The molecule has 0 heterocycles. The van der Waals surface area contributed by atoms with E-state index in [1.807, 2.05) is 13.8 Å². The minimum absolute atomic E-state index is 0.222. The molecule has 0 fully saturated rings. The summed E-state index contributed by atoms with van der Waals surface area (Å²) in [5, 5.41) is 0. The molecule has 1 unspecified atom stereocenters. The van der Waals surface area contributed by atoms with Gasteiger partial charge < -0.3 is 4.74 Å². The Hall–Kier alpha value is -0.370. The van der Waals surface area contributed by atoms with Crippen LogP contribution in [0, 0.1) is 5.92 Å². The standard InChI is InChI=1S/C12H24O2/c1-6-8-14-12(5,9-10(3)4)11(13)7-2/h10H,6-9H2,1-5H3. The highest BCUT2D eigenvalue weighted by Crippen LogP contribution is 2.23. The van der Waals surface area contributed by atoms with Crippen LogP contribution in [0.25, 0.3) is 0 Å². The average Bonchev–Trinajstić information content (AvgIpc) is 2.12. The number of ether oxygens (including phenoxy) is 1. The van der Waals surface area contributed by atoms with E-state index >= 15 is 0 Å². The molecule has 0 aliphatic heterocycles. The van der Waals surface area contributed by atoms with E-state index in [0.29, 0.717) is 18.9 Å². The molecule has 2 heteroatoms. The maximum Gasteiger partial charge on any atom is 0.164 e. The van der Waals surface area contributed by atoms with Crippen LogP contribution in [0.15, 0.2) is 0 Å². The molecule has 0 amide bonds. The summed E-state index contributed by atoms with van der Waals surface area (Å²) in [6, 6.07) is 0. The molecule has 0 aliphatic rings. The van der Waals surface area contributed by atoms with Gasteiger partial charge in [-0.2, -0.15) is 0 Å². The lowest BCUT2D eigenvalue weighted by Gasteiger charge is -2.29. The van der Waals surface area contributed by atoms with Gasteiger partial charge in [-0.3, -0.25) is 4.79 Å². The van der Waals surface area contributed by atoms with Crippen LogP contribution in [0.4, 0.5) is 0 Å². The third-order valence-electron chi connectivity index (χ3n) is 2.33. The van der Waals surface area contributed by atoms with Gasteiger partial charge in [-0.25, -0.2) is 0 Å². The van der Waals surface area contributed by atoms with Crippen molar-refractivity contribution in [3.05, 3.63) is 0 Å². The first kappa shape index (κ1) is 13.6. The summed E-state index contributed by atoms with van der Waals surface area (Å²) in [6.45, 7) is 10.8. The zero-order chi connectivity index (χ0) is 11.2. The summed E-state index contributed by atoms with van der Waals surface area (Å²) in [4.78, 5) is 11.8. The van der Waals surface area contributed by atoms with Gasteiger partial charge >= 0.3 is 0 Å². The quantitative estimate of drug-likeness (QED) is 0.631. The van der Waals surface area contributed by atoms with E-state index in [9.17, 15) is 4.79 Å². The molecule has 0 aliphatic carbocycles. The largest absolute Gasteiger partial charge is 0.368 e. The third-order valence-corrected chi connectivity index (χ3v) is 2.33. The van der Waals surface area contributed by atoms with Gasteiger partial charge in [0.15, 0.2) is 5.78 Å². The van der Waals surface area contributed by atoms with Gasteiger partial charge in [-0.1, -0.05) is 27.7 Å². The second kappa shape index (κ2) is 6.18. The van der Waals surface area contributed by atoms with Gasteiger partial charge in [0.25, 0.3) is 0 Å². The number of carbonyl (C=O) groups is 1. The minimum Gasteiger partial charge on any atom is -0.368 e. The molecule has 2 nitrogen and oxygen atoms in total. The van der Waals surface area contributed by atoms with Crippen molar-refractivity contribution in [2.24, 2.45) is 5.92 Å². The highest BCUT2D eigenvalue weighted by molar-refractivity contribution is 5.86. The van der Waals surface area contributed by atoms with Crippen molar-refractivity contribution in [2.45, 2.75) is 59.5 Å². The molecular formula is C12H24O2. The van der Waals surface area contributed by atoms with Crippen molar-refractivity contribution < 1.29 is 9.53 Å². The number of carbonyl (C=O) groups excluding carboxylic acids is 1. The lowest BCUT2D eigenvalue weighted by atomic mass is 9.89. The van der Waals surface area contributed by atoms with Crippen molar-refractivity contribution in [1.29, 1.82) is 0 Å². The molecule has 0 saturated heterocycles. The van der Waals surface area contributed by atoms with E-state index in [-0.39, 0.29) is 5.78 Å². The molecule has 84 valence electrons. The lowest BCUT2D eigenvalue weighted by molar-refractivity contribution is -0.144. The first-order valence-corrected chi connectivity index (χ1v) is 5.63. The molecule has 0 bridgehead atoms. The van der Waals surface area contributed by atoms with Gasteiger partial charge in [-0.15, -0.1) is 0 Å². The maximum atomic E-state index is 11.8. The summed E-state index contributed by atoms with van der Waals surface area (Å²) < 4.78 is 5.69. The molecule has 1 atom stereocenters. The van der Waals surface area contributed by atoms with E-state index in [1.54, 1.807) is 0 Å². The van der Waals surface area contributed by atoms with Crippen LogP contribution in [0.2, 0.25) is 0 Å². The van der Waals surface area contributed by atoms with Crippen molar-refractivity contribution in [2.75, 3.05) is 6.61 Å². The van der Waals surface area contributed by atoms with E-state index in [2.05, 4.69) is 20.8 Å². The van der Waals surface area contributed by atoms with Crippen LogP contribution in [0.1, 0.15) is 53.9 Å². The SMILES string of the molecule is CCCOC(C)(CC(C)C)C(=O)CC. The molecule has 14 heavy (non-hydrogen) atoms. The molecule has 0 aromatic rings. The van der Waals surface area contributed by atoms with Crippen LogP contribution in [-0.2, 0) is 9.53 Å². The first-order valence-electron chi connectivity index (χ1n) is 5.63. The fourth-order valence-corrected chi connectivity index (χ4v) is 1.73. The fourth-order valence-electron chi connectivity index (χ4n) is 1.73. The topological polar surface area (TPSA) is 26.3 Å². The highest BCUT2D eigenvalue weighted by Gasteiger charge is 2.32. The molecule has 0 rings (SSSR count). The van der Waals surface area contributed by atoms with E-state index in [0.717, 1.165) is 12.8 Å². The van der Waals surface area contributed by atoms with Gasteiger partial charge in [-0.05, 0) is 25.7 Å². The second-order valence-electron chi connectivity index (χ2n) is 4.45. The molecule has 0 N–H and O–H groups in total. The summed E-state index contributed by atoms with van der Waals surface area (Å²) in [5.74, 6) is 0.715. The Morgan fingerprint density at radius 1 is 1.36 bits per heavy atom. The van der Waals surface area contributed by atoms with Crippen LogP contribution < -0.4 is 0 Å². The summed E-state index contributed by atoms with van der Waals surface area (Å²) >= 11 is 0. The smallest absolute Gasteiger partial charge is 0.164 e. The van der Waals surface area contributed by atoms with Gasteiger partial charge in [0.2, 0.25) is 0 Å². The second-order valence-corrected chi connectivity index (χ2v) is 4.45. The average molecular weight is 200 g/mol. The number of hydrogen-bond acceptors (Lipinski definition) is 2. The van der Waals surface area contributed by atoms with E-state index in [1.165, 1.54) is 0 Å². The van der Waals surface area contributed by atoms with Gasteiger partial charge in [0, 0.05) is 13.0 Å². The molecule has 0 spiro atoms. The van der Waals surface area contributed by atoms with Crippen molar-refractivity contribution in [1.82, 2.24) is 0 Å². The number of rotatable bonds is 7. The number of Topliss-reactive ketones (excluding diaryl/α,β-unsaturated/α-hetero) is 1. The Labute approximate surface area is 88.0 Å². The zero-order valence-electron chi connectivity index (χ0n) is 10.2. The van der Waals surface area contributed by atoms with Crippen LogP contribution in [-0.4, -0.2) is 18.0 Å². The number of ketones is 1. The first-order chi connectivity index (χ1) is 6.46. The molecule has 0 saturated carbocycles. The van der Waals surface area contributed by atoms with Crippen molar-refractivity contribution >= 4 is 5.78 Å². The van der Waals surface area contributed by atoms with Crippen LogP contribution >= 0.6 is 0 Å². The Bertz CT molecular complexity index is 175. The Morgan fingerprint density at radius 3 is 2.29 bits per heavy atom. The fraction of sp³-hybridized carbons (Fsp3) is 0.917. The molecule has 0 radical (unpaired) electrons.